The Hall–Kier alpha value is -3.35. The number of nitrogens with one attached hydrogen (secondary N) is 4. The molecule has 4 amide bonds. The zero-order valence-electron chi connectivity index (χ0n) is 17.2. The van der Waals surface area contributed by atoms with Crippen LogP contribution in [-0.2, 0) is 19.1 Å². The number of carbonyl (C=O) groups is 5. The van der Waals surface area contributed by atoms with Gasteiger partial charge in [0, 0.05) is 24.5 Å². The molecule has 0 spiro atoms. The monoisotopic (exact) mass is 492 g/mol. The second-order valence-corrected chi connectivity index (χ2v) is 7.42. The number of benzene rings is 1. The molecule has 0 bridgehead atoms. The highest BCUT2D eigenvalue weighted by Gasteiger charge is 2.34. The minimum absolute atomic E-state index is 0.0405. The van der Waals surface area contributed by atoms with Crippen molar-refractivity contribution in [1.82, 2.24) is 16.0 Å². The molecule has 2 rings (SSSR count). The van der Waals surface area contributed by atoms with Crippen LogP contribution >= 0.6 is 11.6 Å². The maximum Gasteiger partial charge on any atom is 0.422 e. The van der Waals surface area contributed by atoms with Crippen LogP contribution in [0.4, 0.5) is 23.7 Å². The van der Waals surface area contributed by atoms with E-state index in [1.54, 1.807) is 0 Å². The topological polar surface area (TPSA) is 143 Å². The van der Waals surface area contributed by atoms with E-state index in [-0.39, 0.29) is 28.6 Å². The van der Waals surface area contributed by atoms with E-state index in [9.17, 15) is 37.1 Å². The number of carbonyl (C=O) groups excluding carboxylic acids is 5. The Balaban J connectivity index is 2.22. The van der Waals surface area contributed by atoms with Gasteiger partial charge in [-0.2, -0.15) is 13.2 Å². The zero-order valence-corrected chi connectivity index (χ0v) is 17.9. The first kappa shape index (κ1) is 25.9. The van der Waals surface area contributed by atoms with Gasteiger partial charge in [-0.15, -0.1) is 0 Å². The second kappa shape index (κ2) is 11.0. The first-order valence-electron chi connectivity index (χ1n) is 9.56. The molecule has 10 nitrogen and oxygen atoms in total. The van der Waals surface area contributed by atoms with Gasteiger partial charge in [0.1, 0.15) is 0 Å². The number of Topliss-reactive ketones (excluding diaryl/α,β-unsaturated/α-hetero) is 1. The summed E-state index contributed by atoms with van der Waals surface area (Å²) < 4.78 is 40.8. The first-order chi connectivity index (χ1) is 15.4. The van der Waals surface area contributed by atoms with E-state index in [1.165, 1.54) is 13.1 Å². The summed E-state index contributed by atoms with van der Waals surface area (Å²) in [5, 5.41) is 9.09. The molecule has 1 aromatic rings. The standard InChI is InChI=1S/C19H20ClF3N4O6/c1-24-17(31)14(28)13(6-9-4-5-25-15(9)29)26-16(30)11-7-10(20)2-3-12(11)27-18(32)33-8-19(21,22)23/h2-3,7,9,13H,4-6,8H2,1H3,(H,24,31)(H,25,29)(H,26,30)(H,27,32)/t9-,13?/m0/s1. The van der Waals surface area contributed by atoms with Crippen LogP contribution in [0, 0.1) is 5.92 Å². The lowest BCUT2D eigenvalue weighted by Crippen LogP contribution is -2.48. The number of anilines is 1. The normalized spacial score (nSPS) is 16.4. The molecule has 0 aliphatic carbocycles. The van der Waals surface area contributed by atoms with Gasteiger partial charge in [-0.1, -0.05) is 11.6 Å². The summed E-state index contributed by atoms with van der Waals surface area (Å²) in [4.78, 5) is 60.8. The third kappa shape index (κ3) is 7.63. The molecule has 180 valence electrons. The summed E-state index contributed by atoms with van der Waals surface area (Å²) in [6.07, 6.45) is -6.01. The summed E-state index contributed by atoms with van der Waals surface area (Å²) in [5.41, 5.74) is -0.564. The molecule has 0 radical (unpaired) electrons. The molecule has 1 aromatic carbocycles. The van der Waals surface area contributed by atoms with Gasteiger partial charge in [0.25, 0.3) is 11.8 Å². The van der Waals surface area contributed by atoms with E-state index in [1.807, 2.05) is 5.32 Å². The van der Waals surface area contributed by atoms with Crippen molar-refractivity contribution < 1.29 is 41.9 Å². The van der Waals surface area contributed by atoms with E-state index in [0.717, 1.165) is 12.1 Å². The quantitative estimate of drug-likeness (QED) is 0.404. The average Bonchev–Trinajstić information content (AvgIpc) is 3.15. The fourth-order valence-corrected chi connectivity index (χ4v) is 3.18. The number of likely N-dealkylation sites (N-methyl/N-ethyl adjacent to an activating group) is 1. The number of ether oxygens (including phenoxy) is 1. The predicted octanol–water partition coefficient (Wildman–Crippen LogP) is 1.39. The molecule has 1 aliphatic rings. The van der Waals surface area contributed by atoms with Crippen molar-refractivity contribution >= 4 is 46.9 Å². The van der Waals surface area contributed by atoms with Crippen LogP contribution in [0.2, 0.25) is 5.02 Å². The van der Waals surface area contributed by atoms with E-state index in [4.69, 9.17) is 11.6 Å². The lowest BCUT2D eigenvalue weighted by atomic mass is 9.95. The SMILES string of the molecule is CNC(=O)C(=O)C(C[C@@H]1CCNC1=O)NC(=O)c1cc(Cl)ccc1NC(=O)OCC(F)(F)F. The van der Waals surface area contributed by atoms with Crippen molar-refractivity contribution in [3.63, 3.8) is 0 Å². The summed E-state index contributed by atoms with van der Waals surface area (Å²) in [7, 11) is 1.22. The molecule has 1 heterocycles. The van der Waals surface area contributed by atoms with Gasteiger partial charge in [-0.25, -0.2) is 4.79 Å². The maximum atomic E-state index is 12.9. The van der Waals surface area contributed by atoms with Gasteiger partial charge in [0.2, 0.25) is 11.7 Å². The van der Waals surface area contributed by atoms with Gasteiger partial charge in [-0.3, -0.25) is 24.5 Å². The number of rotatable bonds is 8. The summed E-state index contributed by atoms with van der Waals surface area (Å²) in [6, 6.07) is 2.11. The maximum absolute atomic E-state index is 12.9. The summed E-state index contributed by atoms with van der Waals surface area (Å²) in [5.74, 6) is -3.94. The molecule has 0 saturated carbocycles. The minimum Gasteiger partial charge on any atom is -0.440 e. The van der Waals surface area contributed by atoms with Crippen molar-refractivity contribution in [1.29, 1.82) is 0 Å². The fraction of sp³-hybridized carbons (Fsp3) is 0.421. The Morgan fingerprint density at radius 3 is 2.55 bits per heavy atom. The van der Waals surface area contributed by atoms with E-state index < -0.39 is 48.4 Å². The van der Waals surface area contributed by atoms with Crippen LogP contribution in [0.5, 0.6) is 0 Å². The number of ketones is 1. The highest BCUT2D eigenvalue weighted by Crippen LogP contribution is 2.23. The van der Waals surface area contributed by atoms with Crippen molar-refractivity contribution in [3.8, 4) is 0 Å². The smallest absolute Gasteiger partial charge is 0.422 e. The number of hydrogen-bond acceptors (Lipinski definition) is 6. The van der Waals surface area contributed by atoms with Gasteiger partial charge < -0.3 is 20.7 Å². The van der Waals surface area contributed by atoms with Gasteiger partial charge in [0.05, 0.1) is 17.3 Å². The number of alkyl halides is 3. The van der Waals surface area contributed by atoms with Crippen molar-refractivity contribution in [2.24, 2.45) is 5.92 Å². The van der Waals surface area contributed by atoms with Crippen molar-refractivity contribution in [2.75, 3.05) is 25.5 Å². The molecule has 1 fully saturated rings. The molecule has 33 heavy (non-hydrogen) atoms. The molecule has 4 N–H and O–H groups in total. The Morgan fingerprint density at radius 1 is 1.27 bits per heavy atom. The molecule has 1 unspecified atom stereocenters. The van der Waals surface area contributed by atoms with Gasteiger partial charge >= 0.3 is 12.3 Å². The lowest BCUT2D eigenvalue weighted by Gasteiger charge is -2.20. The van der Waals surface area contributed by atoms with Crippen LogP contribution in [0.15, 0.2) is 18.2 Å². The molecular weight excluding hydrogens is 473 g/mol. The Morgan fingerprint density at radius 2 is 1.97 bits per heavy atom. The highest BCUT2D eigenvalue weighted by molar-refractivity contribution is 6.38. The molecule has 0 aromatic heterocycles. The van der Waals surface area contributed by atoms with Gasteiger partial charge in [-0.05, 0) is 31.0 Å². The van der Waals surface area contributed by atoms with Crippen molar-refractivity contribution in [2.45, 2.75) is 25.1 Å². The summed E-state index contributed by atoms with van der Waals surface area (Å²) >= 11 is 5.89. The third-order valence-electron chi connectivity index (χ3n) is 4.59. The second-order valence-electron chi connectivity index (χ2n) is 6.99. The van der Waals surface area contributed by atoms with Gasteiger partial charge in [0.15, 0.2) is 6.61 Å². The number of hydrogen-bond donors (Lipinski definition) is 4. The largest absolute Gasteiger partial charge is 0.440 e. The Labute approximate surface area is 190 Å². The number of halogens is 4. The highest BCUT2D eigenvalue weighted by atomic mass is 35.5. The zero-order chi connectivity index (χ0) is 24.8. The van der Waals surface area contributed by atoms with Crippen LogP contribution in [0.25, 0.3) is 0 Å². The van der Waals surface area contributed by atoms with Crippen LogP contribution in [0.1, 0.15) is 23.2 Å². The molecular formula is C19H20ClF3N4O6. The van der Waals surface area contributed by atoms with Crippen LogP contribution < -0.4 is 21.3 Å². The average molecular weight is 493 g/mol. The molecule has 1 saturated heterocycles. The predicted molar refractivity (Wildman–Crippen MR) is 109 cm³/mol. The third-order valence-corrected chi connectivity index (χ3v) is 4.82. The lowest BCUT2D eigenvalue weighted by molar-refractivity contribution is -0.159. The van der Waals surface area contributed by atoms with Crippen LogP contribution in [-0.4, -0.2) is 62.0 Å². The number of amides is 4. The molecule has 1 aliphatic heterocycles. The molecule has 2 atom stereocenters. The van der Waals surface area contributed by atoms with E-state index in [2.05, 4.69) is 20.7 Å². The fourth-order valence-electron chi connectivity index (χ4n) is 3.01. The van der Waals surface area contributed by atoms with E-state index >= 15 is 0 Å². The minimum atomic E-state index is -4.75. The molecule has 14 heteroatoms. The van der Waals surface area contributed by atoms with Crippen molar-refractivity contribution in [3.05, 3.63) is 28.8 Å². The Kier molecular flexibility index (Phi) is 8.63. The Bertz CT molecular complexity index is 956. The summed E-state index contributed by atoms with van der Waals surface area (Å²) in [6.45, 7) is -1.47. The van der Waals surface area contributed by atoms with E-state index in [0.29, 0.717) is 13.0 Å². The van der Waals surface area contributed by atoms with Crippen LogP contribution in [0.3, 0.4) is 0 Å². The first-order valence-corrected chi connectivity index (χ1v) is 9.93.